The van der Waals surface area contributed by atoms with E-state index in [0.29, 0.717) is 0 Å². The van der Waals surface area contributed by atoms with E-state index in [-0.39, 0.29) is 5.91 Å². The predicted molar refractivity (Wildman–Crippen MR) is 72.9 cm³/mol. The molecule has 1 amide bonds. The molecule has 1 aliphatic rings. The van der Waals surface area contributed by atoms with Crippen molar-refractivity contribution in [2.45, 2.75) is 71.1 Å². The molecule has 0 heterocycles. The molecule has 0 radical (unpaired) electrons. The van der Waals surface area contributed by atoms with E-state index in [9.17, 15) is 4.79 Å². The Hall–Kier alpha value is -1.04. The van der Waals surface area contributed by atoms with Gasteiger partial charge in [0.25, 0.3) is 0 Å². The number of hydrogen-bond acceptors (Lipinski definition) is 2. The van der Waals surface area contributed by atoms with Crippen LogP contribution in [0.4, 0.5) is 0 Å². The molecule has 3 heteroatoms. The van der Waals surface area contributed by atoms with Gasteiger partial charge in [0.05, 0.1) is 6.07 Å². The molecule has 1 fully saturated rings. The van der Waals surface area contributed by atoms with Gasteiger partial charge in [-0.3, -0.25) is 4.79 Å². The van der Waals surface area contributed by atoms with Crippen molar-refractivity contribution in [3.05, 3.63) is 0 Å². The Morgan fingerprint density at radius 1 is 1.11 bits per heavy atom. The van der Waals surface area contributed by atoms with Crippen LogP contribution in [-0.2, 0) is 4.79 Å². The van der Waals surface area contributed by atoms with Crippen molar-refractivity contribution < 1.29 is 4.79 Å². The zero-order valence-electron chi connectivity index (χ0n) is 11.6. The Morgan fingerprint density at radius 2 is 1.67 bits per heavy atom. The molecule has 1 saturated carbocycles. The number of carbonyl (C=O) groups excluding carboxylic acids is 1. The second kappa shape index (κ2) is 8.13. The van der Waals surface area contributed by atoms with Gasteiger partial charge in [0.15, 0.2) is 0 Å². The zero-order valence-corrected chi connectivity index (χ0v) is 11.6. The third-order valence-corrected chi connectivity index (χ3v) is 3.71. The molecule has 1 rings (SSSR count). The summed E-state index contributed by atoms with van der Waals surface area (Å²) in [6.45, 7) is 2.97. The number of unbranched alkanes of at least 4 members (excludes halogenated alkanes) is 7. The van der Waals surface area contributed by atoms with E-state index < -0.39 is 5.41 Å². The fourth-order valence-corrected chi connectivity index (χ4v) is 2.14. The average Bonchev–Trinajstić information content (AvgIpc) is 3.17. The maximum atomic E-state index is 11.6. The maximum absolute atomic E-state index is 11.6. The van der Waals surface area contributed by atoms with E-state index in [0.717, 1.165) is 25.8 Å². The first kappa shape index (κ1) is 15.0. The molecular formula is C15H26N2O. The topological polar surface area (TPSA) is 52.9 Å². The van der Waals surface area contributed by atoms with Gasteiger partial charge >= 0.3 is 0 Å². The van der Waals surface area contributed by atoms with Crippen LogP contribution in [0.3, 0.4) is 0 Å². The molecule has 0 aromatic heterocycles. The normalized spacial score (nSPS) is 16.0. The summed E-state index contributed by atoms with van der Waals surface area (Å²) in [6.07, 6.45) is 11.7. The molecule has 0 unspecified atom stereocenters. The van der Waals surface area contributed by atoms with Crippen LogP contribution in [0.5, 0.6) is 0 Å². The minimum atomic E-state index is -0.653. The van der Waals surface area contributed by atoms with Crippen molar-refractivity contribution in [2.75, 3.05) is 6.54 Å². The van der Waals surface area contributed by atoms with E-state index in [2.05, 4.69) is 18.3 Å². The fourth-order valence-electron chi connectivity index (χ4n) is 2.14. The predicted octanol–water partition coefficient (Wildman–Crippen LogP) is 3.55. The molecule has 102 valence electrons. The molecule has 0 aromatic rings. The molecule has 3 nitrogen and oxygen atoms in total. The van der Waals surface area contributed by atoms with Gasteiger partial charge in [0.1, 0.15) is 5.41 Å². The minimum absolute atomic E-state index is 0.0482. The Labute approximate surface area is 111 Å². The Bertz CT molecular complexity index is 289. The van der Waals surface area contributed by atoms with Crippen molar-refractivity contribution in [1.82, 2.24) is 5.32 Å². The Balaban J connectivity index is 1.87. The third-order valence-electron chi connectivity index (χ3n) is 3.71. The van der Waals surface area contributed by atoms with Crippen molar-refractivity contribution in [1.29, 1.82) is 5.26 Å². The Morgan fingerprint density at radius 3 is 2.17 bits per heavy atom. The van der Waals surface area contributed by atoms with Crippen LogP contribution >= 0.6 is 0 Å². The van der Waals surface area contributed by atoms with Crippen LogP contribution in [0, 0.1) is 16.7 Å². The monoisotopic (exact) mass is 250 g/mol. The number of rotatable bonds is 10. The molecule has 18 heavy (non-hydrogen) atoms. The smallest absolute Gasteiger partial charge is 0.240 e. The van der Waals surface area contributed by atoms with Gasteiger partial charge in [-0.1, -0.05) is 51.9 Å². The summed E-state index contributed by atoms with van der Waals surface area (Å²) in [5.74, 6) is -0.0482. The lowest BCUT2D eigenvalue weighted by Gasteiger charge is -2.07. The summed E-state index contributed by atoms with van der Waals surface area (Å²) in [6, 6.07) is 2.12. The van der Waals surface area contributed by atoms with Gasteiger partial charge in [-0.15, -0.1) is 0 Å². The molecular weight excluding hydrogens is 224 g/mol. The van der Waals surface area contributed by atoms with Crippen molar-refractivity contribution >= 4 is 5.91 Å². The largest absolute Gasteiger partial charge is 0.355 e. The quantitative estimate of drug-likeness (QED) is 0.603. The van der Waals surface area contributed by atoms with E-state index in [1.807, 2.05) is 0 Å². The van der Waals surface area contributed by atoms with E-state index in [1.165, 1.54) is 44.9 Å². The molecule has 0 bridgehead atoms. The fraction of sp³-hybridized carbons (Fsp3) is 0.867. The molecule has 0 saturated heterocycles. The Kier molecular flexibility index (Phi) is 6.78. The summed E-state index contributed by atoms with van der Waals surface area (Å²) < 4.78 is 0. The number of nitriles is 1. The van der Waals surface area contributed by atoms with Crippen molar-refractivity contribution in [2.24, 2.45) is 5.41 Å². The van der Waals surface area contributed by atoms with Gasteiger partial charge in [-0.2, -0.15) is 5.26 Å². The minimum Gasteiger partial charge on any atom is -0.355 e. The molecule has 1 N–H and O–H groups in total. The number of nitrogens with zero attached hydrogens (tertiary/aromatic N) is 1. The molecule has 0 aliphatic heterocycles. The molecule has 0 spiro atoms. The number of nitrogens with one attached hydrogen (secondary N) is 1. The first-order chi connectivity index (χ1) is 8.75. The van der Waals surface area contributed by atoms with Crippen LogP contribution in [0.1, 0.15) is 71.1 Å². The SMILES string of the molecule is CCCCCCCCCCNC(=O)C1(C#N)CC1. The number of hydrogen-bond donors (Lipinski definition) is 1. The number of amides is 1. The second-order valence-electron chi connectivity index (χ2n) is 5.42. The highest BCUT2D eigenvalue weighted by Gasteiger charge is 2.50. The van der Waals surface area contributed by atoms with E-state index in [1.54, 1.807) is 0 Å². The average molecular weight is 250 g/mol. The lowest BCUT2D eigenvalue weighted by molar-refractivity contribution is -0.124. The van der Waals surface area contributed by atoms with Gasteiger partial charge < -0.3 is 5.32 Å². The van der Waals surface area contributed by atoms with Crippen LogP contribution in [0.2, 0.25) is 0 Å². The van der Waals surface area contributed by atoms with Gasteiger partial charge in [0.2, 0.25) is 5.91 Å². The van der Waals surface area contributed by atoms with Crippen molar-refractivity contribution in [3.8, 4) is 6.07 Å². The summed E-state index contributed by atoms with van der Waals surface area (Å²) in [4.78, 5) is 11.6. The molecule has 0 aromatic carbocycles. The van der Waals surface area contributed by atoms with Crippen LogP contribution in [0.15, 0.2) is 0 Å². The number of carbonyl (C=O) groups is 1. The van der Waals surface area contributed by atoms with Crippen LogP contribution in [0.25, 0.3) is 0 Å². The van der Waals surface area contributed by atoms with E-state index >= 15 is 0 Å². The molecule has 0 atom stereocenters. The first-order valence-corrected chi connectivity index (χ1v) is 7.45. The van der Waals surface area contributed by atoms with Gasteiger partial charge in [-0.05, 0) is 19.3 Å². The highest BCUT2D eigenvalue weighted by atomic mass is 16.2. The lowest BCUT2D eigenvalue weighted by atomic mass is 10.1. The van der Waals surface area contributed by atoms with Crippen LogP contribution < -0.4 is 5.32 Å². The van der Waals surface area contributed by atoms with Crippen LogP contribution in [-0.4, -0.2) is 12.5 Å². The maximum Gasteiger partial charge on any atom is 0.240 e. The summed E-state index contributed by atoms with van der Waals surface area (Å²) >= 11 is 0. The highest BCUT2D eigenvalue weighted by molar-refractivity contribution is 5.88. The van der Waals surface area contributed by atoms with E-state index in [4.69, 9.17) is 5.26 Å². The second-order valence-corrected chi connectivity index (χ2v) is 5.42. The summed E-state index contributed by atoms with van der Waals surface area (Å²) in [5, 5.41) is 11.7. The summed E-state index contributed by atoms with van der Waals surface area (Å²) in [5.41, 5.74) is -0.653. The zero-order chi connectivity index (χ0) is 13.3. The van der Waals surface area contributed by atoms with Crippen molar-refractivity contribution in [3.63, 3.8) is 0 Å². The van der Waals surface area contributed by atoms with Gasteiger partial charge in [0, 0.05) is 6.54 Å². The summed E-state index contributed by atoms with van der Waals surface area (Å²) in [7, 11) is 0. The standard InChI is InChI=1S/C15H26N2O/c1-2-3-4-5-6-7-8-9-12-17-14(18)15(13-16)10-11-15/h2-12H2,1H3,(H,17,18). The van der Waals surface area contributed by atoms with Gasteiger partial charge in [-0.25, -0.2) is 0 Å². The first-order valence-electron chi connectivity index (χ1n) is 7.45. The lowest BCUT2D eigenvalue weighted by Crippen LogP contribution is -2.31. The highest BCUT2D eigenvalue weighted by Crippen LogP contribution is 2.44. The molecule has 1 aliphatic carbocycles. The third kappa shape index (κ3) is 5.08.